The summed E-state index contributed by atoms with van der Waals surface area (Å²) in [7, 11) is 0. The van der Waals surface area contributed by atoms with Gasteiger partial charge in [-0.1, -0.05) is 30.3 Å². The van der Waals surface area contributed by atoms with Crippen molar-refractivity contribution >= 4 is 5.78 Å². The van der Waals surface area contributed by atoms with Crippen molar-refractivity contribution in [1.82, 2.24) is 5.32 Å². The van der Waals surface area contributed by atoms with Gasteiger partial charge in [0.25, 0.3) is 0 Å². The second-order valence-electron chi connectivity index (χ2n) is 5.33. The first-order chi connectivity index (χ1) is 10.8. The Labute approximate surface area is 129 Å². The predicted octanol–water partition coefficient (Wildman–Crippen LogP) is 1.93. The molecule has 0 radical (unpaired) electrons. The topological polar surface area (TPSA) is 58.6 Å². The Balaban J connectivity index is 1.84. The quantitative estimate of drug-likeness (QED) is 0.828. The van der Waals surface area contributed by atoms with E-state index in [1.807, 2.05) is 42.5 Å². The molecule has 0 aromatic heterocycles. The monoisotopic (exact) mass is 297 g/mol. The summed E-state index contributed by atoms with van der Waals surface area (Å²) in [4.78, 5) is 12.7. The maximum atomic E-state index is 12.7. The highest BCUT2D eigenvalue weighted by Crippen LogP contribution is 2.29. The number of ether oxygens (including phenoxy) is 1. The fraction of sp³-hybridized carbons (Fsp3) is 0.278. The maximum absolute atomic E-state index is 12.7. The van der Waals surface area contributed by atoms with Crippen LogP contribution in [0.1, 0.15) is 27.0 Å². The van der Waals surface area contributed by atoms with Gasteiger partial charge in [-0.2, -0.15) is 0 Å². The zero-order valence-electron chi connectivity index (χ0n) is 12.3. The third-order valence-electron chi connectivity index (χ3n) is 3.81. The number of carbonyl (C=O) groups is 1. The van der Waals surface area contributed by atoms with Gasteiger partial charge in [-0.25, -0.2) is 0 Å². The molecule has 0 atom stereocenters. The van der Waals surface area contributed by atoms with E-state index >= 15 is 0 Å². The number of hydrogen-bond acceptors (Lipinski definition) is 4. The van der Waals surface area contributed by atoms with Crippen LogP contribution in [-0.2, 0) is 13.0 Å². The van der Waals surface area contributed by atoms with E-state index in [2.05, 4.69) is 5.32 Å². The minimum absolute atomic E-state index is 0.0215. The Morgan fingerprint density at radius 3 is 2.82 bits per heavy atom. The Morgan fingerprint density at radius 2 is 1.95 bits per heavy atom. The Kier molecular flexibility index (Phi) is 4.51. The number of rotatable bonds is 5. The highest BCUT2D eigenvalue weighted by Gasteiger charge is 2.22. The lowest BCUT2D eigenvalue weighted by molar-refractivity contribution is 0.103. The first-order valence-electron chi connectivity index (χ1n) is 7.49. The SMILES string of the molecule is O=C1c2ccccc2COc2ccc(CCNCCO)cc21. The normalized spacial score (nSPS) is 13.0. The third kappa shape index (κ3) is 3.03. The molecule has 22 heavy (non-hydrogen) atoms. The van der Waals surface area contributed by atoms with Gasteiger partial charge in [-0.05, 0) is 30.7 Å². The number of benzene rings is 2. The minimum atomic E-state index is 0.0215. The second kappa shape index (κ2) is 6.73. The Bertz CT molecular complexity index is 682. The van der Waals surface area contributed by atoms with E-state index in [1.165, 1.54) is 0 Å². The third-order valence-corrected chi connectivity index (χ3v) is 3.81. The van der Waals surface area contributed by atoms with E-state index in [9.17, 15) is 4.79 Å². The number of aliphatic hydroxyl groups is 1. The van der Waals surface area contributed by atoms with E-state index in [0.29, 0.717) is 24.5 Å². The zero-order valence-corrected chi connectivity index (χ0v) is 12.3. The first kappa shape index (κ1) is 14.8. The van der Waals surface area contributed by atoms with Crippen molar-refractivity contribution in [3.8, 4) is 5.75 Å². The van der Waals surface area contributed by atoms with E-state index in [1.54, 1.807) is 0 Å². The molecule has 0 spiro atoms. The number of hydrogen-bond donors (Lipinski definition) is 2. The van der Waals surface area contributed by atoms with Gasteiger partial charge in [-0.3, -0.25) is 4.79 Å². The molecule has 0 fully saturated rings. The molecule has 3 rings (SSSR count). The van der Waals surface area contributed by atoms with Crippen LogP contribution in [-0.4, -0.2) is 30.6 Å². The number of fused-ring (bicyclic) bond motifs is 2. The molecule has 0 amide bonds. The minimum Gasteiger partial charge on any atom is -0.488 e. The molecule has 1 aliphatic heterocycles. The summed E-state index contributed by atoms with van der Waals surface area (Å²) in [5.41, 5.74) is 3.36. The van der Waals surface area contributed by atoms with Crippen molar-refractivity contribution in [2.24, 2.45) is 0 Å². The molecule has 0 saturated carbocycles. The molecule has 4 nitrogen and oxygen atoms in total. The average Bonchev–Trinajstić information content (AvgIpc) is 2.70. The molecular formula is C18H19NO3. The molecule has 0 bridgehead atoms. The molecule has 4 heteroatoms. The van der Waals surface area contributed by atoms with Crippen LogP contribution < -0.4 is 10.1 Å². The number of nitrogens with one attached hydrogen (secondary N) is 1. The molecule has 2 aromatic rings. The van der Waals surface area contributed by atoms with Crippen LogP contribution >= 0.6 is 0 Å². The molecule has 0 unspecified atom stereocenters. The van der Waals surface area contributed by atoms with Crippen molar-refractivity contribution < 1.29 is 14.6 Å². The summed E-state index contributed by atoms with van der Waals surface area (Å²) < 4.78 is 5.77. The standard InChI is InChI=1S/C18H19NO3/c20-10-9-19-8-7-13-5-6-17-16(11-13)18(21)15-4-2-1-3-14(15)12-22-17/h1-6,11,19-20H,7-10,12H2. The van der Waals surface area contributed by atoms with Crippen molar-refractivity contribution in [1.29, 1.82) is 0 Å². The molecule has 0 saturated heterocycles. The van der Waals surface area contributed by atoms with Gasteiger partial charge in [0.1, 0.15) is 12.4 Å². The predicted molar refractivity (Wildman–Crippen MR) is 84.3 cm³/mol. The molecule has 2 N–H and O–H groups in total. The number of carbonyl (C=O) groups excluding carboxylic acids is 1. The van der Waals surface area contributed by atoms with Crippen LogP contribution in [0.2, 0.25) is 0 Å². The summed E-state index contributed by atoms with van der Waals surface area (Å²) in [6.07, 6.45) is 0.808. The summed E-state index contributed by atoms with van der Waals surface area (Å²) in [6, 6.07) is 13.4. The highest BCUT2D eigenvalue weighted by atomic mass is 16.5. The largest absolute Gasteiger partial charge is 0.488 e. The van der Waals surface area contributed by atoms with Crippen LogP contribution in [0.15, 0.2) is 42.5 Å². The van der Waals surface area contributed by atoms with Gasteiger partial charge in [0.05, 0.1) is 12.2 Å². The highest BCUT2D eigenvalue weighted by molar-refractivity contribution is 6.12. The van der Waals surface area contributed by atoms with Crippen molar-refractivity contribution in [2.75, 3.05) is 19.7 Å². The molecule has 0 aliphatic carbocycles. The van der Waals surface area contributed by atoms with E-state index < -0.39 is 0 Å². The molecule has 2 aromatic carbocycles. The molecule has 1 heterocycles. The van der Waals surface area contributed by atoms with Gasteiger partial charge < -0.3 is 15.2 Å². The van der Waals surface area contributed by atoms with E-state index in [-0.39, 0.29) is 12.4 Å². The molecule has 1 aliphatic rings. The van der Waals surface area contributed by atoms with Crippen LogP contribution in [0, 0.1) is 0 Å². The number of aliphatic hydroxyl groups excluding tert-OH is 1. The van der Waals surface area contributed by atoms with Crippen molar-refractivity contribution in [3.05, 3.63) is 64.7 Å². The fourth-order valence-corrected chi connectivity index (χ4v) is 2.64. The van der Waals surface area contributed by atoms with Gasteiger partial charge >= 0.3 is 0 Å². The Hall–Kier alpha value is -2.17. The molecular weight excluding hydrogens is 278 g/mol. The summed E-state index contributed by atoms with van der Waals surface area (Å²) >= 11 is 0. The van der Waals surface area contributed by atoms with Crippen LogP contribution in [0.5, 0.6) is 5.75 Å². The van der Waals surface area contributed by atoms with Crippen LogP contribution in [0.25, 0.3) is 0 Å². The first-order valence-corrected chi connectivity index (χ1v) is 7.49. The van der Waals surface area contributed by atoms with Gasteiger partial charge in [0, 0.05) is 17.7 Å². The Morgan fingerprint density at radius 1 is 1.09 bits per heavy atom. The number of ketones is 1. The molecule has 114 valence electrons. The van der Waals surface area contributed by atoms with Crippen LogP contribution in [0.3, 0.4) is 0 Å². The smallest absolute Gasteiger partial charge is 0.197 e. The van der Waals surface area contributed by atoms with Crippen molar-refractivity contribution in [2.45, 2.75) is 13.0 Å². The van der Waals surface area contributed by atoms with Crippen molar-refractivity contribution in [3.63, 3.8) is 0 Å². The lowest BCUT2D eigenvalue weighted by atomic mass is 9.97. The average molecular weight is 297 g/mol. The van der Waals surface area contributed by atoms with Gasteiger partial charge in [0.2, 0.25) is 0 Å². The summed E-state index contributed by atoms with van der Waals surface area (Å²) in [5, 5.41) is 11.9. The van der Waals surface area contributed by atoms with E-state index in [0.717, 1.165) is 29.7 Å². The second-order valence-corrected chi connectivity index (χ2v) is 5.33. The van der Waals surface area contributed by atoms with Crippen LogP contribution in [0.4, 0.5) is 0 Å². The van der Waals surface area contributed by atoms with Gasteiger partial charge in [-0.15, -0.1) is 0 Å². The van der Waals surface area contributed by atoms with E-state index in [4.69, 9.17) is 9.84 Å². The summed E-state index contributed by atoms with van der Waals surface area (Å²) in [5.74, 6) is 0.668. The van der Waals surface area contributed by atoms with Gasteiger partial charge in [0.15, 0.2) is 5.78 Å². The summed E-state index contributed by atoms with van der Waals surface area (Å²) in [6.45, 7) is 1.91. The lowest BCUT2D eigenvalue weighted by Gasteiger charge is -2.09. The lowest BCUT2D eigenvalue weighted by Crippen LogP contribution is -2.20. The maximum Gasteiger partial charge on any atom is 0.197 e. The zero-order chi connectivity index (χ0) is 15.4. The fourth-order valence-electron chi connectivity index (χ4n) is 2.64.